The molecule has 1 aromatic carbocycles. The van der Waals surface area contributed by atoms with Crippen LogP contribution in [0.5, 0.6) is 0 Å². The highest BCUT2D eigenvalue weighted by molar-refractivity contribution is 7.91. The molecule has 0 bridgehead atoms. The lowest BCUT2D eigenvalue weighted by Crippen LogP contribution is -2.16. The van der Waals surface area contributed by atoms with E-state index in [0.717, 1.165) is 37.7 Å². The summed E-state index contributed by atoms with van der Waals surface area (Å²) in [6, 6.07) is 5.77. The molecule has 1 aromatic heterocycles. The Morgan fingerprint density at radius 2 is 2.00 bits per heavy atom. The highest BCUT2D eigenvalue weighted by Crippen LogP contribution is 2.38. The lowest BCUT2D eigenvalue weighted by atomic mass is 10.1. The standard InChI is InChI=1S/C15H18N4O2S/c1-10(15-16-17-18-19(15)13-6-7-13)22(20,21)14-8-5-11-3-2-4-12(11)9-14/h5,8-10,13H,2-4,6-7H2,1H3. The van der Waals surface area contributed by atoms with Crippen LogP contribution in [0.15, 0.2) is 23.1 Å². The normalized spacial score (nSPS) is 19.1. The van der Waals surface area contributed by atoms with E-state index in [1.807, 2.05) is 12.1 Å². The van der Waals surface area contributed by atoms with Gasteiger partial charge in [-0.1, -0.05) is 6.07 Å². The number of sulfone groups is 1. The van der Waals surface area contributed by atoms with Crippen LogP contribution in [-0.2, 0) is 22.7 Å². The van der Waals surface area contributed by atoms with E-state index < -0.39 is 15.1 Å². The summed E-state index contributed by atoms with van der Waals surface area (Å²) in [6.07, 6.45) is 5.15. The number of aromatic nitrogens is 4. The van der Waals surface area contributed by atoms with Crippen LogP contribution in [0.4, 0.5) is 0 Å². The first-order valence-electron chi connectivity index (χ1n) is 7.71. The van der Waals surface area contributed by atoms with Gasteiger partial charge in [0.2, 0.25) is 0 Å². The molecule has 2 aromatic rings. The Morgan fingerprint density at radius 3 is 2.77 bits per heavy atom. The molecule has 116 valence electrons. The highest BCUT2D eigenvalue weighted by Gasteiger charge is 2.35. The molecule has 1 heterocycles. The van der Waals surface area contributed by atoms with Gasteiger partial charge in [0.1, 0.15) is 5.25 Å². The fourth-order valence-corrected chi connectivity index (χ4v) is 4.52. The summed E-state index contributed by atoms with van der Waals surface area (Å²) in [5, 5.41) is 10.9. The molecule has 0 aliphatic heterocycles. The highest BCUT2D eigenvalue weighted by atomic mass is 32.2. The van der Waals surface area contributed by atoms with E-state index >= 15 is 0 Å². The molecular formula is C15H18N4O2S. The number of hydrogen-bond donors (Lipinski definition) is 0. The van der Waals surface area contributed by atoms with Crippen molar-refractivity contribution >= 4 is 9.84 Å². The Kier molecular flexibility index (Phi) is 3.07. The monoisotopic (exact) mass is 318 g/mol. The molecular weight excluding hydrogens is 300 g/mol. The van der Waals surface area contributed by atoms with E-state index in [0.29, 0.717) is 10.7 Å². The van der Waals surface area contributed by atoms with Gasteiger partial charge in [-0.2, -0.15) is 0 Å². The van der Waals surface area contributed by atoms with Gasteiger partial charge in [-0.15, -0.1) is 5.10 Å². The zero-order valence-electron chi connectivity index (χ0n) is 12.4. The van der Waals surface area contributed by atoms with Gasteiger partial charge >= 0.3 is 0 Å². The fourth-order valence-electron chi connectivity index (χ4n) is 3.12. The molecule has 2 aliphatic rings. The second-order valence-corrected chi connectivity index (χ2v) is 8.45. The van der Waals surface area contributed by atoms with Gasteiger partial charge < -0.3 is 0 Å². The first-order valence-corrected chi connectivity index (χ1v) is 9.25. The van der Waals surface area contributed by atoms with Crippen molar-refractivity contribution in [2.45, 2.75) is 55.2 Å². The Labute approximate surface area is 129 Å². The van der Waals surface area contributed by atoms with Crippen molar-refractivity contribution in [1.82, 2.24) is 20.2 Å². The van der Waals surface area contributed by atoms with Crippen LogP contribution in [-0.4, -0.2) is 28.6 Å². The summed E-state index contributed by atoms with van der Waals surface area (Å²) in [5.74, 6) is 0.447. The molecule has 0 spiro atoms. The number of benzene rings is 1. The maximum absolute atomic E-state index is 12.9. The van der Waals surface area contributed by atoms with Crippen LogP contribution in [0.3, 0.4) is 0 Å². The number of hydrogen-bond acceptors (Lipinski definition) is 5. The largest absolute Gasteiger partial charge is 0.225 e. The molecule has 0 amide bonds. The van der Waals surface area contributed by atoms with Crippen LogP contribution in [0, 0.1) is 0 Å². The summed E-state index contributed by atoms with van der Waals surface area (Å²) in [5.41, 5.74) is 2.43. The van der Waals surface area contributed by atoms with Crippen LogP contribution >= 0.6 is 0 Å². The van der Waals surface area contributed by atoms with E-state index in [-0.39, 0.29) is 6.04 Å². The molecule has 0 radical (unpaired) electrons. The van der Waals surface area contributed by atoms with Gasteiger partial charge in [0.25, 0.3) is 0 Å². The third-order valence-corrected chi connectivity index (χ3v) is 6.69. The van der Waals surface area contributed by atoms with Crippen LogP contribution in [0.1, 0.15) is 54.4 Å². The van der Waals surface area contributed by atoms with Gasteiger partial charge in [-0.25, -0.2) is 13.1 Å². The van der Waals surface area contributed by atoms with Gasteiger partial charge in [0, 0.05) is 0 Å². The molecule has 22 heavy (non-hydrogen) atoms. The summed E-state index contributed by atoms with van der Waals surface area (Å²) >= 11 is 0. The Hall–Kier alpha value is -1.76. The average molecular weight is 318 g/mol. The SMILES string of the molecule is CC(c1nnnn1C1CC1)S(=O)(=O)c1ccc2c(c1)CCC2. The number of fused-ring (bicyclic) bond motifs is 1. The van der Waals surface area contributed by atoms with Gasteiger partial charge in [0.15, 0.2) is 15.7 Å². The van der Waals surface area contributed by atoms with E-state index in [1.165, 1.54) is 5.56 Å². The predicted octanol–water partition coefficient (Wildman–Crippen LogP) is 2.03. The summed E-state index contributed by atoms with van der Waals surface area (Å²) in [7, 11) is -3.48. The van der Waals surface area contributed by atoms with Gasteiger partial charge in [-0.3, -0.25) is 0 Å². The first-order chi connectivity index (χ1) is 10.6. The third-order valence-electron chi connectivity index (χ3n) is 4.64. The second-order valence-electron chi connectivity index (χ2n) is 6.18. The van der Waals surface area contributed by atoms with Gasteiger partial charge in [-0.05, 0) is 72.7 Å². The zero-order chi connectivity index (χ0) is 15.3. The number of rotatable bonds is 4. The van der Waals surface area contributed by atoms with Crippen molar-refractivity contribution in [2.24, 2.45) is 0 Å². The molecule has 1 atom stereocenters. The van der Waals surface area contributed by atoms with Crippen molar-refractivity contribution < 1.29 is 8.42 Å². The fraction of sp³-hybridized carbons (Fsp3) is 0.533. The maximum Gasteiger partial charge on any atom is 0.188 e. The zero-order valence-corrected chi connectivity index (χ0v) is 13.3. The predicted molar refractivity (Wildman–Crippen MR) is 80.2 cm³/mol. The molecule has 1 saturated carbocycles. The first kappa shape index (κ1) is 13.9. The lowest BCUT2D eigenvalue weighted by molar-refractivity contribution is 0.556. The smallest absolute Gasteiger partial charge is 0.188 e. The summed E-state index contributed by atoms with van der Waals surface area (Å²) < 4.78 is 27.5. The Balaban J connectivity index is 1.72. The Bertz CT molecular complexity index is 824. The molecule has 7 heteroatoms. The molecule has 0 N–H and O–H groups in total. The molecule has 1 unspecified atom stereocenters. The quantitative estimate of drug-likeness (QED) is 0.862. The van der Waals surface area contributed by atoms with Crippen molar-refractivity contribution in [3.8, 4) is 0 Å². The van der Waals surface area contributed by atoms with Crippen LogP contribution < -0.4 is 0 Å². The number of nitrogens with zero attached hydrogens (tertiary/aromatic N) is 4. The number of aryl methyl sites for hydroxylation is 2. The van der Waals surface area contributed by atoms with Gasteiger partial charge in [0.05, 0.1) is 10.9 Å². The molecule has 6 nitrogen and oxygen atoms in total. The topological polar surface area (TPSA) is 77.7 Å². The van der Waals surface area contributed by atoms with Crippen molar-refractivity contribution in [1.29, 1.82) is 0 Å². The lowest BCUT2D eigenvalue weighted by Gasteiger charge is -2.13. The Morgan fingerprint density at radius 1 is 1.23 bits per heavy atom. The molecule has 2 aliphatic carbocycles. The van der Waals surface area contributed by atoms with E-state index in [9.17, 15) is 8.42 Å². The van der Waals surface area contributed by atoms with Crippen molar-refractivity contribution in [3.63, 3.8) is 0 Å². The summed E-state index contributed by atoms with van der Waals surface area (Å²) in [4.78, 5) is 0.381. The molecule has 4 rings (SSSR count). The van der Waals surface area contributed by atoms with Crippen LogP contribution in [0.2, 0.25) is 0 Å². The van der Waals surface area contributed by atoms with Crippen molar-refractivity contribution in [3.05, 3.63) is 35.2 Å². The maximum atomic E-state index is 12.9. The second kappa shape index (κ2) is 4.87. The minimum Gasteiger partial charge on any atom is -0.225 e. The number of tetrazole rings is 1. The van der Waals surface area contributed by atoms with E-state index in [1.54, 1.807) is 17.7 Å². The van der Waals surface area contributed by atoms with E-state index in [2.05, 4.69) is 15.5 Å². The van der Waals surface area contributed by atoms with Crippen LogP contribution in [0.25, 0.3) is 0 Å². The van der Waals surface area contributed by atoms with E-state index in [4.69, 9.17) is 0 Å². The molecule has 1 fully saturated rings. The summed E-state index contributed by atoms with van der Waals surface area (Å²) in [6.45, 7) is 1.67. The van der Waals surface area contributed by atoms with Crippen molar-refractivity contribution in [2.75, 3.05) is 0 Å². The minimum atomic E-state index is -3.48. The average Bonchev–Trinajstić information content (AvgIpc) is 3.06. The minimum absolute atomic E-state index is 0.266. The third kappa shape index (κ3) is 2.15. The molecule has 0 saturated heterocycles.